The lowest BCUT2D eigenvalue weighted by Gasteiger charge is -2.09. The molecule has 0 unspecified atom stereocenters. The number of carbonyl (C=O) groups is 1. The maximum Gasteiger partial charge on any atom is 0.341 e. The van der Waals surface area contributed by atoms with E-state index in [4.69, 9.17) is 16.7 Å². The summed E-state index contributed by atoms with van der Waals surface area (Å²) in [6, 6.07) is 1.07. The summed E-state index contributed by atoms with van der Waals surface area (Å²) in [4.78, 5) is 11.2. The van der Waals surface area contributed by atoms with Gasteiger partial charge in [0.25, 0.3) is 0 Å². The molecule has 0 amide bonds. The van der Waals surface area contributed by atoms with E-state index < -0.39 is 23.3 Å². The van der Waals surface area contributed by atoms with Crippen LogP contribution in [0.25, 0.3) is 0 Å². The van der Waals surface area contributed by atoms with Crippen LogP contribution in [0.1, 0.15) is 10.4 Å². The number of ether oxygens (including phenoxy) is 2. The quantitative estimate of drug-likeness (QED) is 0.795. The highest BCUT2D eigenvalue weighted by atomic mass is 35.5. The van der Waals surface area contributed by atoms with Gasteiger partial charge in [-0.05, 0) is 6.07 Å². The van der Waals surface area contributed by atoms with Gasteiger partial charge in [-0.25, -0.2) is 4.79 Å². The van der Waals surface area contributed by atoms with Crippen molar-refractivity contribution in [1.82, 2.24) is 0 Å². The third-order valence-corrected chi connectivity index (χ3v) is 2.05. The normalized spacial score (nSPS) is 9.87. The number of hydrogen-bond acceptors (Lipinski definition) is 4. The van der Waals surface area contributed by atoms with E-state index in [1.54, 1.807) is 0 Å². The van der Waals surface area contributed by atoms with Gasteiger partial charge in [-0.1, -0.05) is 11.6 Å². The van der Waals surface area contributed by atoms with Crippen molar-refractivity contribution in [2.45, 2.75) is 0 Å². The van der Waals surface area contributed by atoms with E-state index in [0.717, 1.165) is 20.3 Å². The molecule has 1 aromatic rings. The molecule has 1 aromatic carbocycles. The summed E-state index contributed by atoms with van der Waals surface area (Å²) in [7, 11) is 2.30. The van der Waals surface area contributed by atoms with Crippen molar-refractivity contribution in [2.75, 3.05) is 14.2 Å². The van der Waals surface area contributed by atoms with Crippen LogP contribution in [0.4, 0.5) is 4.39 Å². The first-order chi connectivity index (χ1) is 7.02. The first-order valence-electron chi connectivity index (χ1n) is 3.86. The predicted molar refractivity (Wildman–Crippen MR) is 51.0 cm³/mol. The molecule has 0 saturated heterocycles. The van der Waals surface area contributed by atoms with E-state index in [-0.39, 0.29) is 10.6 Å². The summed E-state index contributed by atoms with van der Waals surface area (Å²) < 4.78 is 22.4. The van der Waals surface area contributed by atoms with Crippen molar-refractivity contribution in [1.29, 1.82) is 0 Å². The number of aromatic hydroxyl groups is 1. The SMILES string of the molecule is COC(=O)c1cc(Cl)c(O)c(F)c1OC. The molecular weight excluding hydrogens is 227 g/mol. The molecule has 0 aliphatic rings. The number of carbonyl (C=O) groups excluding carboxylic acids is 1. The Morgan fingerprint density at radius 1 is 1.53 bits per heavy atom. The van der Waals surface area contributed by atoms with Crippen LogP contribution in [0.5, 0.6) is 11.5 Å². The fraction of sp³-hybridized carbons (Fsp3) is 0.222. The summed E-state index contributed by atoms with van der Waals surface area (Å²) in [5, 5.41) is 8.87. The Kier molecular flexibility index (Phi) is 3.36. The molecule has 15 heavy (non-hydrogen) atoms. The van der Waals surface area contributed by atoms with Crippen molar-refractivity contribution in [2.24, 2.45) is 0 Å². The number of esters is 1. The fourth-order valence-electron chi connectivity index (χ4n) is 1.05. The number of benzene rings is 1. The summed E-state index contributed by atoms with van der Waals surface area (Å²) >= 11 is 5.50. The molecule has 4 nitrogen and oxygen atoms in total. The minimum absolute atomic E-state index is 0.180. The largest absolute Gasteiger partial charge is 0.504 e. The second kappa shape index (κ2) is 4.35. The lowest BCUT2D eigenvalue weighted by molar-refractivity contribution is 0.0596. The average molecular weight is 235 g/mol. The van der Waals surface area contributed by atoms with Crippen LogP contribution in [0, 0.1) is 5.82 Å². The predicted octanol–water partition coefficient (Wildman–Crippen LogP) is 1.98. The highest BCUT2D eigenvalue weighted by Crippen LogP contribution is 2.36. The van der Waals surface area contributed by atoms with Crippen molar-refractivity contribution < 1.29 is 23.8 Å². The van der Waals surface area contributed by atoms with Gasteiger partial charge >= 0.3 is 5.97 Å². The summed E-state index contributed by atoms with van der Waals surface area (Å²) in [5.74, 6) is -3.05. The van der Waals surface area contributed by atoms with Gasteiger partial charge in [0.2, 0.25) is 5.82 Å². The van der Waals surface area contributed by atoms with Crippen LogP contribution in [-0.4, -0.2) is 25.3 Å². The third-order valence-electron chi connectivity index (χ3n) is 1.76. The summed E-state index contributed by atoms with van der Waals surface area (Å²) in [6.45, 7) is 0. The van der Waals surface area contributed by atoms with Crippen LogP contribution >= 0.6 is 11.6 Å². The third kappa shape index (κ3) is 1.97. The first kappa shape index (κ1) is 11.6. The molecule has 0 aliphatic heterocycles. The molecule has 0 atom stereocenters. The highest BCUT2D eigenvalue weighted by Gasteiger charge is 2.22. The molecule has 0 fully saturated rings. The maximum atomic E-state index is 13.4. The average Bonchev–Trinajstić information content (AvgIpc) is 2.24. The number of phenolic OH excluding ortho intramolecular Hbond substituents is 1. The molecular formula is C9H8ClFO4. The number of methoxy groups -OCH3 is 2. The molecule has 0 heterocycles. The number of rotatable bonds is 2. The molecule has 0 saturated carbocycles. The maximum absolute atomic E-state index is 13.4. The molecule has 0 spiro atoms. The van der Waals surface area contributed by atoms with E-state index in [9.17, 15) is 9.18 Å². The van der Waals surface area contributed by atoms with Crippen LogP contribution in [0.3, 0.4) is 0 Å². The molecule has 0 radical (unpaired) electrons. The van der Waals surface area contributed by atoms with Crippen molar-refractivity contribution >= 4 is 17.6 Å². The topological polar surface area (TPSA) is 55.8 Å². The number of halogens is 2. The summed E-state index contributed by atoms with van der Waals surface area (Å²) in [6.07, 6.45) is 0. The molecule has 0 aliphatic carbocycles. The van der Waals surface area contributed by atoms with Crippen LogP contribution in [-0.2, 0) is 4.74 Å². The van der Waals surface area contributed by atoms with E-state index in [1.807, 2.05) is 0 Å². The molecule has 0 aromatic heterocycles. The molecule has 1 N–H and O–H groups in total. The minimum Gasteiger partial charge on any atom is -0.504 e. The highest BCUT2D eigenvalue weighted by molar-refractivity contribution is 6.32. The zero-order valence-corrected chi connectivity index (χ0v) is 8.76. The van der Waals surface area contributed by atoms with E-state index in [2.05, 4.69) is 9.47 Å². The molecule has 82 valence electrons. The Balaban J connectivity index is 3.45. The van der Waals surface area contributed by atoms with Crippen molar-refractivity contribution in [3.63, 3.8) is 0 Å². The van der Waals surface area contributed by atoms with Gasteiger partial charge in [0.05, 0.1) is 19.2 Å². The van der Waals surface area contributed by atoms with Crippen LogP contribution in [0.15, 0.2) is 6.07 Å². The van der Waals surface area contributed by atoms with Gasteiger partial charge in [0.15, 0.2) is 11.5 Å². The Hall–Kier alpha value is -1.49. The van der Waals surface area contributed by atoms with E-state index in [0.29, 0.717) is 0 Å². The zero-order valence-electron chi connectivity index (χ0n) is 8.01. The van der Waals surface area contributed by atoms with Gasteiger partial charge in [-0.3, -0.25) is 0 Å². The second-order valence-electron chi connectivity index (χ2n) is 2.59. The Labute approximate surface area is 90.2 Å². The van der Waals surface area contributed by atoms with E-state index >= 15 is 0 Å². The lowest BCUT2D eigenvalue weighted by atomic mass is 10.2. The number of phenols is 1. The van der Waals surface area contributed by atoms with Crippen LogP contribution < -0.4 is 4.74 Å². The van der Waals surface area contributed by atoms with Gasteiger partial charge in [0, 0.05) is 0 Å². The van der Waals surface area contributed by atoms with Gasteiger partial charge in [0.1, 0.15) is 5.56 Å². The van der Waals surface area contributed by atoms with Gasteiger partial charge < -0.3 is 14.6 Å². The van der Waals surface area contributed by atoms with E-state index in [1.165, 1.54) is 0 Å². The fourth-order valence-corrected chi connectivity index (χ4v) is 1.24. The van der Waals surface area contributed by atoms with Gasteiger partial charge in [-0.2, -0.15) is 4.39 Å². The van der Waals surface area contributed by atoms with Crippen molar-refractivity contribution in [3.8, 4) is 11.5 Å². The second-order valence-corrected chi connectivity index (χ2v) is 3.00. The lowest BCUT2D eigenvalue weighted by Crippen LogP contribution is -2.06. The monoisotopic (exact) mass is 234 g/mol. The standard InChI is InChI=1S/C9H8ClFO4/c1-14-8-4(9(13)15-2)3-5(10)7(12)6(8)11/h3,12H,1-2H3. The molecule has 1 rings (SSSR count). The first-order valence-corrected chi connectivity index (χ1v) is 4.24. The zero-order chi connectivity index (χ0) is 11.6. The van der Waals surface area contributed by atoms with Crippen LogP contribution in [0.2, 0.25) is 5.02 Å². The summed E-state index contributed by atoms with van der Waals surface area (Å²) in [5.41, 5.74) is -0.180. The Bertz CT molecular complexity index is 406. The van der Waals surface area contributed by atoms with Gasteiger partial charge in [-0.15, -0.1) is 0 Å². The minimum atomic E-state index is -1.09. The smallest absolute Gasteiger partial charge is 0.341 e. The number of hydrogen-bond donors (Lipinski definition) is 1. The van der Waals surface area contributed by atoms with Crippen molar-refractivity contribution in [3.05, 3.63) is 22.5 Å². The Morgan fingerprint density at radius 2 is 2.13 bits per heavy atom. The molecule has 6 heteroatoms. The molecule has 0 bridgehead atoms. The Morgan fingerprint density at radius 3 is 2.60 bits per heavy atom.